The first-order valence-corrected chi connectivity index (χ1v) is 8.35. The SMILES string of the molecule is CC(C)[C@@H](NC(=O)c1ccco1)C(=O)N(C)Cc1ccc(C(F)(F)F)cc1. The van der Waals surface area contributed by atoms with Crippen LogP contribution in [0.5, 0.6) is 0 Å². The van der Waals surface area contributed by atoms with Crippen LogP contribution in [-0.4, -0.2) is 29.8 Å². The zero-order chi connectivity index (χ0) is 20.2. The summed E-state index contributed by atoms with van der Waals surface area (Å²) >= 11 is 0. The average molecular weight is 382 g/mol. The van der Waals surface area contributed by atoms with E-state index in [4.69, 9.17) is 4.42 Å². The molecule has 8 heteroatoms. The molecule has 0 bridgehead atoms. The third kappa shape index (κ3) is 5.35. The highest BCUT2D eigenvalue weighted by molar-refractivity contribution is 5.95. The lowest BCUT2D eigenvalue weighted by molar-refractivity contribution is -0.137. The third-order valence-electron chi connectivity index (χ3n) is 4.04. The van der Waals surface area contributed by atoms with Crippen LogP contribution in [0.25, 0.3) is 0 Å². The topological polar surface area (TPSA) is 62.6 Å². The van der Waals surface area contributed by atoms with Gasteiger partial charge in [0, 0.05) is 13.6 Å². The Morgan fingerprint density at radius 1 is 1.15 bits per heavy atom. The minimum absolute atomic E-state index is 0.0962. The van der Waals surface area contributed by atoms with Crippen LogP contribution in [0.1, 0.15) is 35.5 Å². The number of benzene rings is 1. The number of rotatable bonds is 6. The van der Waals surface area contributed by atoms with E-state index in [-0.39, 0.29) is 24.1 Å². The van der Waals surface area contributed by atoms with Crippen molar-refractivity contribution in [1.82, 2.24) is 10.2 Å². The van der Waals surface area contributed by atoms with Crippen molar-refractivity contribution in [2.24, 2.45) is 5.92 Å². The maximum absolute atomic E-state index is 12.7. The molecule has 0 saturated heterocycles. The molecule has 2 amide bonds. The Bertz CT molecular complexity index is 768. The van der Waals surface area contributed by atoms with Crippen LogP contribution in [0, 0.1) is 5.92 Å². The van der Waals surface area contributed by atoms with Gasteiger partial charge >= 0.3 is 6.18 Å². The number of furan rings is 1. The van der Waals surface area contributed by atoms with Crippen LogP contribution in [-0.2, 0) is 17.5 Å². The van der Waals surface area contributed by atoms with Crippen molar-refractivity contribution in [3.05, 3.63) is 59.5 Å². The van der Waals surface area contributed by atoms with E-state index < -0.39 is 23.7 Å². The molecule has 27 heavy (non-hydrogen) atoms. The molecule has 146 valence electrons. The van der Waals surface area contributed by atoms with Gasteiger partial charge in [-0.2, -0.15) is 13.2 Å². The summed E-state index contributed by atoms with van der Waals surface area (Å²) in [6.45, 7) is 3.70. The smallest absolute Gasteiger partial charge is 0.416 e. The highest BCUT2D eigenvalue weighted by Gasteiger charge is 2.30. The van der Waals surface area contributed by atoms with E-state index in [1.165, 1.54) is 36.4 Å². The summed E-state index contributed by atoms with van der Waals surface area (Å²) in [4.78, 5) is 26.2. The number of hydrogen-bond donors (Lipinski definition) is 1. The summed E-state index contributed by atoms with van der Waals surface area (Å²) < 4.78 is 42.9. The summed E-state index contributed by atoms with van der Waals surface area (Å²) in [5.74, 6) is -0.940. The first-order chi connectivity index (χ1) is 12.6. The normalized spacial score (nSPS) is 12.7. The quantitative estimate of drug-likeness (QED) is 0.828. The summed E-state index contributed by atoms with van der Waals surface area (Å²) in [6.07, 6.45) is -3.04. The van der Waals surface area contributed by atoms with E-state index in [0.29, 0.717) is 5.56 Å². The molecule has 1 atom stereocenters. The Kier molecular flexibility index (Phi) is 6.30. The summed E-state index contributed by atoms with van der Waals surface area (Å²) in [5, 5.41) is 2.64. The molecule has 1 N–H and O–H groups in total. The van der Waals surface area contributed by atoms with Gasteiger partial charge in [-0.1, -0.05) is 26.0 Å². The predicted molar refractivity (Wildman–Crippen MR) is 92.7 cm³/mol. The van der Waals surface area contributed by atoms with Crippen LogP contribution < -0.4 is 5.32 Å². The number of carbonyl (C=O) groups excluding carboxylic acids is 2. The van der Waals surface area contributed by atoms with Crippen molar-refractivity contribution < 1.29 is 27.2 Å². The lowest BCUT2D eigenvalue weighted by atomic mass is 10.0. The molecule has 0 aliphatic carbocycles. The highest BCUT2D eigenvalue weighted by Crippen LogP contribution is 2.29. The summed E-state index contributed by atoms with van der Waals surface area (Å²) in [6, 6.07) is 6.89. The largest absolute Gasteiger partial charge is 0.459 e. The summed E-state index contributed by atoms with van der Waals surface area (Å²) in [5.41, 5.74) is -0.190. The van der Waals surface area contributed by atoms with Crippen molar-refractivity contribution in [3.63, 3.8) is 0 Å². The zero-order valence-corrected chi connectivity index (χ0v) is 15.2. The van der Waals surface area contributed by atoms with Gasteiger partial charge in [0.25, 0.3) is 5.91 Å². The Balaban J connectivity index is 2.05. The van der Waals surface area contributed by atoms with Crippen molar-refractivity contribution in [1.29, 1.82) is 0 Å². The maximum atomic E-state index is 12.7. The van der Waals surface area contributed by atoms with Crippen molar-refractivity contribution in [3.8, 4) is 0 Å². The number of likely N-dealkylation sites (N-methyl/N-ethyl adjacent to an activating group) is 1. The maximum Gasteiger partial charge on any atom is 0.416 e. The number of nitrogens with one attached hydrogen (secondary N) is 1. The first-order valence-electron chi connectivity index (χ1n) is 8.35. The zero-order valence-electron chi connectivity index (χ0n) is 15.2. The fourth-order valence-electron chi connectivity index (χ4n) is 2.52. The molecule has 1 aromatic carbocycles. The van der Waals surface area contributed by atoms with E-state index >= 15 is 0 Å². The van der Waals surface area contributed by atoms with Gasteiger partial charge in [0.1, 0.15) is 6.04 Å². The standard InChI is InChI=1S/C19H21F3N2O3/c1-12(2)16(23-17(25)15-5-4-10-27-15)18(26)24(3)11-13-6-8-14(9-7-13)19(20,21)22/h4-10,12,16H,11H2,1-3H3,(H,23,25)/t16-/m1/s1. The van der Waals surface area contributed by atoms with Crippen LogP contribution in [0.4, 0.5) is 13.2 Å². The lowest BCUT2D eigenvalue weighted by Gasteiger charge is -2.27. The van der Waals surface area contributed by atoms with Gasteiger partial charge in [0.05, 0.1) is 11.8 Å². The van der Waals surface area contributed by atoms with E-state index in [9.17, 15) is 22.8 Å². The van der Waals surface area contributed by atoms with Crippen molar-refractivity contribution in [2.75, 3.05) is 7.05 Å². The van der Waals surface area contributed by atoms with Gasteiger partial charge < -0.3 is 14.6 Å². The Morgan fingerprint density at radius 2 is 1.78 bits per heavy atom. The molecule has 2 aromatic rings. The van der Waals surface area contributed by atoms with Gasteiger partial charge in [0.2, 0.25) is 5.91 Å². The molecule has 0 saturated carbocycles. The molecule has 1 heterocycles. The van der Waals surface area contributed by atoms with E-state index in [0.717, 1.165) is 12.1 Å². The number of nitrogens with zero attached hydrogens (tertiary/aromatic N) is 1. The monoisotopic (exact) mass is 382 g/mol. The second-order valence-corrected chi connectivity index (χ2v) is 6.56. The third-order valence-corrected chi connectivity index (χ3v) is 4.04. The number of alkyl halides is 3. The first kappa shape index (κ1) is 20.5. The molecule has 5 nitrogen and oxygen atoms in total. The van der Waals surface area contributed by atoms with E-state index in [1.807, 2.05) is 0 Å². The van der Waals surface area contributed by atoms with Gasteiger partial charge in [-0.3, -0.25) is 9.59 Å². The number of amides is 2. The van der Waals surface area contributed by atoms with Gasteiger partial charge in [-0.15, -0.1) is 0 Å². The molecule has 1 aromatic heterocycles. The molecule has 0 radical (unpaired) electrons. The van der Waals surface area contributed by atoms with Crippen LogP contribution in [0.2, 0.25) is 0 Å². The molecule has 0 fully saturated rings. The van der Waals surface area contributed by atoms with E-state index in [2.05, 4.69) is 5.32 Å². The lowest BCUT2D eigenvalue weighted by Crippen LogP contribution is -2.49. The average Bonchev–Trinajstić information content (AvgIpc) is 3.13. The predicted octanol–water partition coefficient (Wildman–Crippen LogP) is 3.71. The Labute approximate surface area is 155 Å². The van der Waals surface area contributed by atoms with Gasteiger partial charge in [-0.05, 0) is 35.7 Å². The highest BCUT2D eigenvalue weighted by atomic mass is 19.4. The fourth-order valence-corrected chi connectivity index (χ4v) is 2.52. The van der Waals surface area contributed by atoms with Crippen LogP contribution in [0.15, 0.2) is 47.1 Å². The van der Waals surface area contributed by atoms with Crippen LogP contribution >= 0.6 is 0 Å². The fraction of sp³-hybridized carbons (Fsp3) is 0.368. The van der Waals surface area contributed by atoms with E-state index in [1.54, 1.807) is 19.9 Å². The van der Waals surface area contributed by atoms with Crippen LogP contribution in [0.3, 0.4) is 0 Å². The van der Waals surface area contributed by atoms with Gasteiger partial charge in [0.15, 0.2) is 5.76 Å². The molecule has 0 spiro atoms. The van der Waals surface area contributed by atoms with Crippen molar-refractivity contribution in [2.45, 2.75) is 32.6 Å². The Hall–Kier alpha value is -2.77. The molecule has 2 rings (SSSR count). The second kappa shape index (κ2) is 8.28. The minimum Gasteiger partial charge on any atom is -0.459 e. The number of carbonyl (C=O) groups is 2. The molecular weight excluding hydrogens is 361 g/mol. The Morgan fingerprint density at radius 3 is 2.26 bits per heavy atom. The number of halogens is 3. The minimum atomic E-state index is -4.40. The molecule has 0 aliphatic rings. The molecular formula is C19H21F3N2O3. The second-order valence-electron chi connectivity index (χ2n) is 6.56. The molecule has 0 aliphatic heterocycles. The number of hydrogen-bond acceptors (Lipinski definition) is 3. The summed E-state index contributed by atoms with van der Waals surface area (Å²) in [7, 11) is 1.54. The van der Waals surface area contributed by atoms with Gasteiger partial charge in [-0.25, -0.2) is 0 Å². The molecule has 0 unspecified atom stereocenters. The van der Waals surface area contributed by atoms with Crippen molar-refractivity contribution >= 4 is 11.8 Å².